The number of carboxylic acids is 1. The van der Waals surface area contributed by atoms with E-state index in [0.717, 1.165) is 12.1 Å². The van der Waals surface area contributed by atoms with Crippen LogP contribution in [0.4, 0.5) is 0 Å². The van der Waals surface area contributed by atoms with Gasteiger partial charge in [-0.25, -0.2) is 21.6 Å². The first-order valence-electron chi connectivity index (χ1n) is 4.66. The van der Waals surface area contributed by atoms with Crippen LogP contribution in [0.2, 0.25) is 0 Å². The predicted molar refractivity (Wildman–Crippen MR) is 66.1 cm³/mol. The van der Waals surface area contributed by atoms with E-state index in [4.69, 9.17) is 16.2 Å². The average Bonchev–Trinajstić information content (AvgIpc) is 2.37. The Morgan fingerprint density at radius 2 is 1.57 bits per heavy atom. The molecule has 0 radical (unpaired) electrons. The highest BCUT2D eigenvalue weighted by Crippen LogP contribution is 2.28. The molecule has 1 aromatic carbocycles. The lowest BCUT2D eigenvalue weighted by Crippen LogP contribution is -2.12. The Bertz CT molecular complexity index is 907. The van der Waals surface area contributed by atoms with E-state index < -0.39 is 41.4 Å². The second-order valence-corrected chi connectivity index (χ2v) is 6.31. The number of sulfonamides is 2. The van der Waals surface area contributed by atoms with Crippen molar-refractivity contribution in [2.75, 3.05) is 0 Å². The van der Waals surface area contributed by atoms with Gasteiger partial charge in [-0.2, -0.15) is 0 Å². The maximum atomic E-state index is 11.7. The van der Waals surface area contributed by atoms with Gasteiger partial charge in [0.25, 0.3) is 20.0 Å². The molecule has 0 saturated carbocycles. The van der Waals surface area contributed by atoms with Gasteiger partial charge in [0.05, 0.1) is 10.5 Å². The van der Waals surface area contributed by atoms with Gasteiger partial charge in [-0.05, 0) is 23.2 Å². The Hall–Kier alpha value is -2.79. The van der Waals surface area contributed by atoms with Crippen molar-refractivity contribution in [2.45, 2.75) is 9.79 Å². The van der Waals surface area contributed by atoms with Crippen LogP contribution in [0.25, 0.3) is 20.9 Å². The van der Waals surface area contributed by atoms with E-state index in [1.807, 2.05) is 9.82 Å². The maximum Gasteiger partial charge on any atom is 0.337 e. The Labute approximate surface area is 117 Å². The van der Waals surface area contributed by atoms with Crippen LogP contribution >= 0.6 is 0 Å². The SMILES string of the molecule is [N-]=[N+]=NS(=O)(=O)c1cccc(C(=O)O)c1S(=O)(=O)N=[N+]=[N-]. The molecular weight excluding hydrogens is 328 g/mol. The molecule has 1 aromatic rings. The number of rotatable bonds is 5. The van der Waals surface area contributed by atoms with Crippen LogP contribution in [-0.4, -0.2) is 27.9 Å². The highest BCUT2D eigenvalue weighted by molar-refractivity contribution is 7.93. The number of hydrogen-bond donors (Lipinski definition) is 1. The van der Waals surface area contributed by atoms with Crippen LogP contribution < -0.4 is 0 Å². The summed E-state index contributed by atoms with van der Waals surface area (Å²) < 4.78 is 51.6. The van der Waals surface area contributed by atoms with Gasteiger partial charge in [0, 0.05) is 18.9 Å². The average molecular weight is 332 g/mol. The number of hydrogen-bond acceptors (Lipinski definition) is 5. The number of carboxylic acid groups (broad SMARTS) is 1. The third kappa shape index (κ3) is 3.21. The van der Waals surface area contributed by atoms with Gasteiger partial charge in [-0.1, -0.05) is 6.07 Å². The highest BCUT2D eigenvalue weighted by Gasteiger charge is 2.30. The van der Waals surface area contributed by atoms with Crippen molar-refractivity contribution in [1.29, 1.82) is 0 Å². The normalized spacial score (nSPS) is 11.0. The molecule has 21 heavy (non-hydrogen) atoms. The highest BCUT2D eigenvalue weighted by atomic mass is 32.2. The van der Waals surface area contributed by atoms with Gasteiger partial charge in [0.1, 0.15) is 4.90 Å². The van der Waals surface area contributed by atoms with Crippen molar-refractivity contribution in [3.63, 3.8) is 0 Å². The summed E-state index contributed by atoms with van der Waals surface area (Å²) in [6.45, 7) is 0. The molecule has 0 aromatic heterocycles. The summed E-state index contributed by atoms with van der Waals surface area (Å²) in [4.78, 5) is 12.7. The molecule has 110 valence electrons. The smallest absolute Gasteiger partial charge is 0.337 e. The zero-order valence-corrected chi connectivity index (χ0v) is 11.4. The minimum atomic E-state index is -4.95. The third-order valence-corrected chi connectivity index (χ3v) is 4.59. The maximum absolute atomic E-state index is 11.7. The molecule has 0 atom stereocenters. The molecule has 0 heterocycles. The van der Waals surface area contributed by atoms with Crippen molar-refractivity contribution >= 4 is 26.0 Å². The van der Waals surface area contributed by atoms with Gasteiger partial charge in [0.2, 0.25) is 0 Å². The summed E-state index contributed by atoms with van der Waals surface area (Å²) in [5.41, 5.74) is 15.4. The molecule has 1 rings (SSSR count). The Balaban J connectivity index is 4.03. The van der Waals surface area contributed by atoms with E-state index in [1.165, 1.54) is 0 Å². The fourth-order valence-electron chi connectivity index (χ4n) is 1.33. The first-order valence-corrected chi connectivity index (χ1v) is 7.54. The van der Waals surface area contributed by atoms with Crippen LogP contribution in [0.5, 0.6) is 0 Å². The topological polar surface area (TPSA) is 203 Å². The number of azide groups is 2. The van der Waals surface area contributed by atoms with Crippen molar-refractivity contribution in [1.82, 2.24) is 0 Å². The quantitative estimate of drug-likeness (QED) is 0.478. The lowest BCUT2D eigenvalue weighted by atomic mass is 10.2. The molecule has 0 aliphatic carbocycles. The lowest BCUT2D eigenvalue weighted by Gasteiger charge is -2.08. The zero-order chi connectivity index (χ0) is 16.3. The molecule has 1 N–H and O–H groups in total. The summed E-state index contributed by atoms with van der Waals surface area (Å²) in [5, 5.41) is 8.92. The number of carbonyl (C=O) groups is 1. The van der Waals surface area contributed by atoms with E-state index in [2.05, 4.69) is 9.04 Å². The summed E-state index contributed by atoms with van der Waals surface area (Å²) in [6, 6.07) is 2.42. The van der Waals surface area contributed by atoms with Gasteiger partial charge in [-0.3, -0.25) is 0 Å². The standard InChI is InChI=1S/C7H4N6O6S2/c8-10-12-20(16,17)5-3-1-2-4(7(14)15)6(5)21(18,19)13-11-9/h1-3H,(H,14,15). The Morgan fingerprint density at radius 3 is 2.05 bits per heavy atom. The van der Waals surface area contributed by atoms with Gasteiger partial charge in [0.15, 0.2) is 0 Å². The van der Waals surface area contributed by atoms with Crippen molar-refractivity contribution in [2.24, 2.45) is 9.04 Å². The van der Waals surface area contributed by atoms with Gasteiger partial charge in [-0.15, -0.1) is 0 Å². The molecule has 0 amide bonds. The van der Waals surface area contributed by atoms with Gasteiger partial charge >= 0.3 is 5.97 Å². The largest absolute Gasteiger partial charge is 0.478 e. The second-order valence-electron chi connectivity index (χ2n) is 3.23. The molecule has 0 aliphatic rings. The molecule has 0 unspecified atom stereocenters. The number of aromatic carboxylic acids is 1. The van der Waals surface area contributed by atoms with Crippen molar-refractivity contribution in [3.8, 4) is 0 Å². The third-order valence-electron chi connectivity index (χ3n) is 2.03. The molecule has 0 aliphatic heterocycles. The summed E-state index contributed by atoms with van der Waals surface area (Å²) >= 11 is 0. The molecule has 0 spiro atoms. The summed E-state index contributed by atoms with van der Waals surface area (Å²) in [5.74, 6) is -1.78. The molecule has 0 bridgehead atoms. The van der Waals surface area contributed by atoms with Crippen molar-refractivity contribution < 1.29 is 26.7 Å². The first-order chi connectivity index (χ1) is 9.67. The van der Waals surface area contributed by atoms with Gasteiger partial charge < -0.3 is 5.11 Å². The molecule has 12 nitrogen and oxygen atoms in total. The van der Waals surface area contributed by atoms with Crippen LogP contribution in [0, 0.1) is 0 Å². The van der Waals surface area contributed by atoms with Crippen molar-refractivity contribution in [3.05, 3.63) is 44.6 Å². The Kier molecular flexibility index (Phi) is 4.40. The second kappa shape index (κ2) is 5.68. The molecular formula is C7H4N6O6S2. The number of nitrogens with zero attached hydrogens (tertiary/aromatic N) is 6. The van der Waals surface area contributed by atoms with E-state index in [0.29, 0.717) is 6.07 Å². The summed E-state index contributed by atoms with van der Waals surface area (Å²) in [6.07, 6.45) is 0. The first kappa shape index (κ1) is 16.3. The van der Waals surface area contributed by atoms with Crippen LogP contribution in [0.3, 0.4) is 0 Å². The van der Waals surface area contributed by atoms with Crippen LogP contribution in [-0.2, 0) is 20.0 Å². The van der Waals surface area contributed by atoms with E-state index in [-0.39, 0.29) is 0 Å². The van der Waals surface area contributed by atoms with E-state index in [9.17, 15) is 21.6 Å². The van der Waals surface area contributed by atoms with Crippen LogP contribution in [0.1, 0.15) is 10.4 Å². The molecule has 0 fully saturated rings. The molecule has 14 heteroatoms. The Morgan fingerprint density at radius 1 is 1.05 bits per heavy atom. The monoisotopic (exact) mass is 332 g/mol. The minimum Gasteiger partial charge on any atom is -0.478 e. The lowest BCUT2D eigenvalue weighted by molar-refractivity contribution is 0.0692. The fraction of sp³-hybridized carbons (Fsp3) is 0. The summed E-state index contributed by atoms with van der Waals surface area (Å²) in [7, 11) is -9.77. The zero-order valence-electron chi connectivity index (χ0n) is 9.72. The van der Waals surface area contributed by atoms with E-state index >= 15 is 0 Å². The molecule has 0 saturated heterocycles. The fourth-order valence-corrected chi connectivity index (χ4v) is 3.68. The minimum absolute atomic E-state index is 0.705. The van der Waals surface area contributed by atoms with E-state index in [1.54, 1.807) is 0 Å². The number of benzene rings is 1. The predicted octanol–water partition coefficient (Wildman–Crippen LogP) is 1.38. The van der Waals surface area contributed by atoms with Crippen LogP contribution in [0.15, 0.2) is 37.0 Å².